The van der Waals surface area contributed by atoms with Gasteiger partial charge in [0.1, 0.15) is 0 Å². The molecule has 0 saturated heterocycles. The van der Waals surface area contributed by atoms with E-state index in [0.29, 0.717) is 44.2 Å². The summed E-state index contributed by atoms with van der Waals surface area (Å²) in [6, 6.07) is 3.34. The molecule has 1 amide bonds. The third kappa shape index (κ3) is 8.25. The number of carbonyl (C=O) groups excluding carboxylic acids is 2. The lowest BCUT2D eigenvalue weighted by Crippen LogP contribution is -2.50. The van der Waals surface area contributed by atoms with Crippen LogP contribution in [0.25, 0.3) is 0 Å². The topological polar surface area (TPSA) is 59.0 Å². The van der Waals surface area contributed by atoms with Crippen LogP contribution >= 0.6 is 0 Å². The molecule has 5 nitrogen and oxygen atoms in total. The van der Waals surface area contributed by atoms with Gasteiger partial charge in [0.2, 0.25) is 5.91 Å². The number of fused-ring (bicyclic) bond motifs is 1. The third-order valence-electron chi connectivity index (χ3n) is 9.86. The number of hydrogen-bond donors (Lipinski definition) is 0. The standard InChI is InChI=1S/C35H39F9N2O3/c1-5-26-18-28(32(3,19-45-4)23-14-24(34(39,40)41)16-25(15-23)35(42,43)44)27-17-22(33(36,37)38)11-12-29(27)46(26)31(48)21-9-7-20(8-10-21)13-30(47)49-6-2/h11-12,14-17,19-21,26,28H,5-10,13,18H2,1-4H3/t20?,21?,26-,28-,32?/m1/s1. The highest BCUT2D eigenvalue weighted by atomic mass is 19.4. The zero-order chi connectivity index (χ0) is 36.5. The molecule has 1 unspecified atom stereocenters. The van der Waals surface area contributed by atoms with Gasteiger partial charge in [-0.15, -0.1) is 0 Å². The van der Waals surface area contributed by atoms with E-state index in [1.54, 1.807) is 13.8 Å². The van der Waals surface area contributed by atoms with Gasteiger partial charge >= 0.3 is 24.5 Å². The number of benzene rings is 2. The van der Waals surface area contributed by atoms with Crippen LogP contribution in [0, 0.1) is 11.8 Å². The average Bonchev–Trinajstić information content (AvgIpc) is 3.02. The first kappa shape index (κ1) is 38.2. The Morgan fingerprint density at radius 1 is 0.837 bits per heavy atom. The molecule has 14 heteroatoms. The molecule has 1 aliphatic carbocycles. The summed E-state index contributed by atoms with van der Waals surface area (Å²) in [7, 11) is 1.28. The van der Waals surface area contributed by atoms with Crippen LogP contribution in [0.15, 0.2) is 41.4 Å². The maximum atomic E-state index is 14.2. The summed E-state index contributed by atoms with van der Waals surface area (Å²) in [5.41, 5.74) is -6.29. The van der Waals surface area contributed by atoms with Crippen molar-refractivity contribution < 1.29 is 53.8 Å². The van der Waals surface area contributed by atoms with Gasteiger partial charge in [-0.1, -0.05) is 6.92 Å². The first-order valence-electron chi connectivity index (χ1n) is 16.2. The Bertz CT molecular complexity index is 1510. The molecule has 0 aromatic heterocycles. The number of rotatable bonds is 8. The quantitative estimate of drug-likeness (QED) is 0.156. The van der Waals surface area contributed by atoms with Gasteiger partial charge < -0.3 is 9.64 Å². The molecule has 2 aliphatic rings. The number of alkyl halides is 9. The lowest BCUT2D eigenvalue weighted by Gasteiger charge is -2.48. The summed E-state index contributed by atoms with van der Waals surface area (Å²) in [6.45, 7) is 5.06. The highest BCUT2D eigenvalue weighted by Crippen LogP contribution is 2.52. The van der Waals surface area contributed by atoms with E-state index in [1.165, 1.54) is 25.1 Å². The fourth-order valence-corrected chi connectivity index (χ4v) is 7.31. The van der Waals surface area contributed by atoms with Gasteiger partial charge in [0.05, 0.1) is 23.3 Å². The van der Waals surface area contributed by atoms with Gasteiger partial charge in [0.15, 0.2) is 0 Å². The minimum Gasteiger partial charge on any atom is -0.466 e. The molecule has 2 aromatic carbocycles. The minimum atomic E-state index is -5.15. The van der Waals surface area contributed by atoms with E-state index in [-0.39, 0.29) is 54.6 Å². The number of amides is 1. The van der Waals surface area contributed by atoms with Crippen LogP contribution in [0.4, 0.5) is 45.2 Å². The number of anilines is 1. The summed E-state index contributed by atoms with van der Waals surface area (Å²) >= 11 is 0. The largest absolute Gasteiger partial charge is 0.466 e. The molecular formula is C35H39F9N2O3. The second-order valence-corrected chi connectivity index (χ2v) is 13.0. The van der Waals surface area contributed by atoms with Crippen molar-refractivity contribution in [2.24, 2.45) is 16.8 Å². The molecule has 0 radical (unpaired) electrons. The second-order valence-electron chi connectivity index (χ2n) is 13.0. The predicted octanol–water partition coefficient (Wildman–Crippen LogP) is 9.76. The first-order chi connectivity index (χ1) is 22.7. The van der Waals surface area contributed by atoms with E-state index in [2.05, 4.69) is 4.99 Å². The summed E-state index contributed by atoms with van der Waals surface area (Å²) in [6.07, 6.45) is -11.5. The van der Waals surface area contributed by atoms with Crippen molar-refractivity contribution in [1.29, 1.82) is 0 Å². The maximum Gasteiger partial charge on any atom is 0.416 e. The summed E-state index contributed by atoms with van der Waals surface area (Å²) in [5, 5.41) is 0. The van der Waals surface area contributed by atoms with Crippen molar-refractivity contribution in [2.75, 3.05) is 18.6 Å². The number of carbonyl (C=O) groups is 2. The smallest absolute Gasteiger partial charge is 0.416 e. The molecule has 0 spiro atoms. The van der Waals surface area contributed by atoms with E-state index in [0.717, 1.165) is 18.2 Å². The van der Waals surface area contributed by atoms with Crippen molar-refractivity contribution in [3.05, 3.63) is 64.2 Å². The van der Waals surface area contributed by atoms with Gasteiger partial charge in [-0.3, -0.25) is 14.6 Å². The second kappa shape index (κ2) is 14.3. The lowest BCUT2D eigenvalue weighted by atomic mass is 9.64. The maximum absolute atomic E-state index is 14.2. The molecule has 2 aromatic rings. The van der Waals surface area contributed by atoms with Crippen molar-refractivity contribution in [1.82, 2.24) is 0 Å². The van der Waals surface area contributed by atoms with Crippen LogP contribution in [-0.4, -0.2) is 37.8 Å². The van der Waals surface area contributed by atoms with Crippen molar-refractivity contribution >= 4 is 23.8 Å². The van der Waals surface area contributed by atoms with E-state index >= 15 is 0 Å². The Labute approximate surface area is 278 Å². The molecule has 3 atom stereocenters. The van der Waals surface area contributed by atoms with Crippen LogP contribution in [0.1, 0.15) is 99.5 Å². The third-order valence-corrected chi connectivity index (χ3v) is 9.86. The first-order valence-corrected chi connectivity index (χ1v) is 16.2. The lowest BCUT2D eigenvalue weighted by molar-refractivity contribution is -0.145. The fraction of sp³-hybridized carbons (Fsp3) is 0.571. The van der Waals surface area contributed by atoms with Crippen molar-refractivity contribution in [2.45, 2.75) is 102 Å². The fourth-order valence-electron chi connectivity index (χ4n) is 7.31. The Morgan fingerprint density at radius 2 is 1.39 bits per heavy atom. The van der Waals surface area contributed by atoms with Crippen LogP contribution in [0.3, 0.4) is 0 Å². The summed E-state index contributed by atoms with van der Waals surface area (Å²) < 4.78 is 131. The van der Waals surface area contributed by atoms with Crippen LogP contribution in [-0.2, 0) is 38.3 Å². The molecule has 1 fully saturated rings. The monoisotopic (exact) mass is 706 g/mol. The molecule has 1 aliphatic heterocycles. The molecule has 1 heterocycles. The van der Waals surface area contributed by atoms with Crippen molar-refractivity contribution in [3.8, 4) is 0 Å². The number of ether oxygens (including phenoxy) is 1. The minimum absolute atomic E-state index is 0.000296. The van der Waals surface area contributed by atoms with E-state index in [9.17, 15) is 49.1 Å². The molecule has 270 valence electrons. The van der Waals surface area contributed by atoms with E-state index < -0.39 is 64.1 Å². The van der Waals surface area contributed by atoms with Crippen LogP contribution < -0.4 is 4.90 Å². The summed E-state index contributed by atoms with van der Waals surface area (Å²) in [4.78, 5) is 31.6. The van der Waals surface area contributed by atoms with Gasteiger partial charge in [-0.2, -0.15) is 39.5 Å². The molecule has 0 bridgehead atoms. The molecule has 49 heavy (non-hydrogen) atoms. The number of hydrogen-bond acceptors (Lipinski definition) is 4. The molecule has 0 N–H and O–H groups in total. The van der Waals surface area contributed by atoms with Crippen LogP contribution in [0.5, 0.6) is 0 Å². The van der Waals surface area contributed by atoms with Gasteiger partial charge in [0.25, 0.3) is 0 Å². The Morgan fingerprint density at radius 3 is 1.88 bits per heavy atom. The normalized spacial score (nSPS) is 23.2. The highest BCUT2D eigenvalue weighted by molar-refractivity contribution is 5.97. The number of nitrogens with zero attached hydrogens (tertiary/aromatic N) is 2. The zero-order valence-electron chi connectivity index (χ0n) is 27.5. The molecule has 1 saturated carbocycles. The predicted molar refractivity (Wildman–Crippen MR) is 165 cm³/mol. The SMILES string of the molecule is CCOC(=O)CC1CCC(C(=O)N2c3ccc(C(F)(F)F)cc3[C@H](C(C)(C=NC)c3cc(C(F)(F)F)cc(C(F)(F)F)c3)C[C@H]2CC)CC1. The van der Waals surface area contributed by atoms with E-state index in [1.807, 2.05) is 0 Å². The molecule has 4 rings (SSSR count). The number of esters is 1. The zero-order valence-corrected chi connectivity index (χ0v) is 27.5. The van der Waals surface area contributed by atoms with Crippen molar-refractivity contribution in [3.63, 3.8) is 0 Å². The Balaban J connectivity index is 1.84. The van der Waals surface area contributed by atoms with E-state index in [4.69, 9.17) is 4.74 Å². The number of halogens is 9. The van der Waals surface area contributed by atoms with Gasteiger partial charge in [-0.25, -0.2) is 0 Å². The van der Waals surface area contributed by atoms with Gasteiger partial charge in [-0.05, 0) is 106 Å². The van der Waals surface area contributed by atoms with Gasteiger partial charge in [0, 0.05) is 48.7 Å². The molecular weight excluding hydrogens is 667 g/mol. The Hall–Kier alpha value is -3.58. The number of aliphatic imine (C=N–C) groups is 1. The van der Waals surface area contributed by atoms with Crippen LogP contribution in [0.2, 0.25) is 0 Å². The average molecular weight is 707 g/mol. The highest BCUT2D eigenvalue weighted by Gasteiger charge is 2.48. The summed E-state index contributed by atoms with van der Waals surface area (Å²) in [5.74, 6) is -2.25. The Kier molecular flexibility index (Phi) is 11.2.